The first-order valence-corrected chi connectivity index (χ1v) is 4.53. The van der Waals surface area contributed by atoms with E-state index in [1.165, 1.54) is 0 Å². The number of rotatable bonds is 4. The molecule has 5 heteroatoms. The number of nitrogens with zero attached hydrogens (tertiary/aromatic N) is 3. The molecule has 0 saturated heterocycles. The van der Waals surface area contributed by atoms with Gasteiger partial charge in [0.25, 0.3) is 0 Å². The molecule has 0 atom stereocenters. The van der Waals surface area contributed by atoms with Gasteiger partial charge in [0.2, 0.25) is 5.95 Å². The van der Waals surface area contributed by atoms with Crippen LogP contribution in [0.4, 0.5) is 11.8 Å². The maximum Gasteiger partial charge on any atom is 0.224 e. The van der Waals surface area contributed by atoms with E-state index in [0.29, 0.717) is 12.5 Å². The summed E-state index contributed by atoms with van der Waals surface area (Å²) in [7, 11) is 3.67. The third-order valence-electron chi connectivity index (χ3n) is 1.89. The van der Waals surface area contributed by atoms with E-state index in [1.807, 2.05) is 24.9 Å². The van der Waals surface area contributed by atoms with Crippen molar-refractivity contribution in [2.45, 2.75) is 6.92 Å². The van der Waals surface area contributed by atoms with E-state index in [2.05, 4.69) is 15.3 Å². The Kier molecular flexibility index (Phi) is 3.64. The molecule has 1 aromatic rings. The Labute approximate surface area is 83.8 Å². The van der Waals surface area contributed by atoms with Crippen LogP contribution in [0.5, 0.6) is 0 Å². The van der Waals surface area contributed by atoms with Gasteiger partial charge in [-0.15, -0.1) is 0 Å². The predicted molar refractivity (Wildman–Crippen MR) is 56.7 cm³/mol. The number of aliphatic hydroxyl groups excluding tert-OH is 1. The second-order valence-corrected chi connectivity index (χ2v) is 3.09. The molecule has 0 aliphatic rings. The Balaban J connectivity index is 2.90. The van der Waals surface area contributed by atoms with Crippen molar-refractivity contribution >= 4 is 11.8 Å². The average Bonchev–Trinajstić information content (AvgIpc) is 2.17. The van der Waals surface area contributed by atoms with Crippen molar-refractivity contribution in [1.29, 1.82) is 0 Å². The molecule has 0 unspecified atom stereocenters. The third kappa shape index (κ3) is 2.56. The minimum absolute atomic E-state index is 0.119. The minimum atomic E-state index is 0.119. The van der Waals surface area contributed by atoms with Crippen LogP contribution < -0.4 is 10.2 Å². The highest BCUT2D eigenvalue weighted by molar-refractivity contribution is 5.43. The van der Waals surface area contributed by atoms with Gasteiger partial charge in [-0.2, -0.15) is 4.98 Å². The van der Waals surface area contributed by atoms with Gasteiger partial charge in [0.1, 0.15) is 5.82 Å². The van der Waals surface area contributed by atoms with Gasteiger partial charge in [-0.3, -0.25) is 0 Å². The smallest absolute Gasteiger partial charge is 0.224 e. The monoisotopic (exact) mass is 196 g/mol. The number of aryl methyl sites for hydroxylation is 1. The summed E-state index contributed by atoms with van der Waals surface area (Å²) in [5.74, 6) is 1.42. The normalized spacial score (nSPS) is 10.0. The molecule has 0 aliphatic heterocycles. The summed E-state index contributed by atoms with van der Waals surface area (Å²) in [6, 6.07) is 1.89. The first kappa shape index (κ1) is 10.7. The summed E-state index contributed by atoms with van der Waals surface area (Å²) < 4.78 is 0. The number of aliphatic hydroxyl groups is 1. The predicted octanol–water partition coefficient (Wildman–Crippen LogP) is 0.255. The molecule has 1 rings (SSSR count). The molecule has 1 heterocycles. The van der Waals surface area contributed by atoms with Crippen molar-refractivity contribution in [3.63, 3.8) is 0 Å². The fourth-order valence-electron chi connectivity index (χ4n) is 1.12. The zero-order valence-electron chi connectivity index (χ0n) is 8.78. The summed E-state index contributed by atoms with van der Waals surface area (Å²) in [6.07, 6.45) is 0. The quantitative estimate of drug-likeness (QED) is 0.723. The highest BCUT2D eigenvalue weighted by Gasteiger charge is 2.04. The van der Waals surface area contributed by atoms with Gasteiger partial charge in [0.15, 0.2) is 0 Å². The summed E-state index contributed by atoms with van der Waals surface area (Å²) in [5, 5.41) is 11.7. The minimum Gasteiger partial charge on any atom is -0.395 e. The summed E-state index contributed by atoms with van der Waals surface area (Å²) in [5.41, 5.74) is 0.907. The molecule has 1 aromatic heterocycles. The largest absolute Gasteiger partial charge is 0.395 e. The van der Waals surface area contributed by atoms with Gasteiger partial charge in [0, 0.05) is 32.4 Å². The molecule has 0 radical (unpaired) electrons. The van der Waals surface area contributed by atoms with Gasteiger partial charge in [-0.05, 0) is 6.92 Å². The van der Waals surface area contributed by atoms with Crippen LogP contribution >= 0.6 is 0 Å². The van der Waals surface area contributed by atoms with Crippen molar-refractivity contribution in [3.05, 3.63) is 11.8 Å². The Bertz CT molecular complexity index is 303. The maximum atomic E-state index is 8.79. The topological polar surface area (TPSA) is 61.3 Å². The second-order valence-electron chi connectivity index (χ2n) is 3.09. The number of hydrogen-bond acceptors (Lipinski definition) is 5. The maximum absolute atomic E-state index is 8.79. The highest BCUT2D eigenvalue weighted by Crippen LogP contribution is 2.12. The van der Waals surface area contributed by atoms with Crippen LogP contribution in [0, 0.1) is 6.92 Å². The number of likely N-dealkylation sites (N-methyl/N-ethyl adjacent to an activating group) is 1. The number of anilines is 2. The molecule has 14 heavy (non-hydrogen) atoms. The summed E-state index contributed by atoms with van der Waals surface area (Å²) in [6.45, 7) is 2.60. The lowest BCUT2D eigenvalue weighted by atomic mass is 10.4. The van der Waals surface area contributed by atoms with Crippen molar-refractivity contribution in [3.8, 4) is 0 Å². The van der Waals surface area contributed by atoms with Crippen molar-refractivity contribution in [2.24, 2.45) is 0 Å². The lowest BCUT2D eigenvalue weighted by Crippen LogP contribution is -2.22. The number of aromatic nitrogens is 2. The van der Waals surface area contributed by atoms with Crippen LogP contribution in [0.3, 0.4) is 0 Å². The molecule has 5 nitrogen and oxygen atoms in total. The van der Waals surface area contributed by atoms with Gasteiger partial charge < -0.3 is 15.3 Å². The third-order valence-corrected chi connectivity index (χ3v) is 1.89. The standard InChI is InChI=1S/C9H16N4O/c1-7-6-8(13(3)4-5-14)12-9(10-2)11-7/h6,14H,4-5H2,1-3H3,(H,10,11,12). The second kappa shape index (κ2) is 4.76. The Morgan fingerprint density at radius 1 is 1.50 bits per heavy atom. The molecule has 2 N–H and O–H groups in total. The molecule has 0 aromatic carbocycles. The Morgan fingerprint density at radius 3 is 2.79 bits per heavy atom. The molecule has 0 saturated carbocycles. The molecule has 0 bridgehead atoms. The van der Waals surface area contributed by atoms with Gasteiger partial charge in [-0.1, -0.05) is 0 Å². The van der Waals surface area contributed by atoms with Crippen LogP contribution in [0.25, 0.3) is 0 Å². The van der Waals surface area contributed by atoms with E-state index in [9.17, 15) is 0 Å². The van der Waals surface area contributed by atoms with E-state index in [1.54, 1.807) is 7.05 Å². The summed E-state index contributed by atoms with van der Waals surface area (Å²) in [4.78, 5) is 10.3. The fourth-order valence-corrected chi connectivity index (χ4v) is 1.12. The highest BCUT2D eigenvalue weighted by atomic mass is 16.3. The molecule has 0 aliphatic carbocycles. The van der Waals surface area contributed by atoms with Crippen LogP contribution in [0.15, 0.2) is 6.07 Å². The van der Waals surface area contributed by atoms with Crippen LogP contribution in [0.1, 0.15) is 5.69 Å². The van der Waals surface area contributed by atoms with Crippen LogP contribution in [-0.2, 0) is 0 Å². The van der Waals surface area contributed by atoms with E-state index in [-0.39, 0.29) is 6.61 Å². The first-order valence-electron chi connectivity index (χ1n) is 4.53. The molecule has 0 spiro atoms. The van der Waals surface area contributed by atoms with Crippen molar-refractivity contribution < 1.29 is 5.11 Å². The zero-order chi connectivity index (χ0) is 10.6. The molecular weight excluding hydrogens is 180 g/mol. The van der Waals surface area contributed by atoms with E-state index in [4.69, 9.17) is 5.11 Å². The lowest BCUT2D eigenvalue weighted by molar-refractivity contribution is 0.304. The van der Waals surface area contributed by atoms with Crippen molar-refractivity contribution in [2.75, 3.05) is 37.5 Å². The first-order chi connectivity index (χ1) is 6.67. The number of nitrogens with one attached hydrogen (secondary N) is 1. The molecular formula is C9H16N4O. The van der Waals surface area contributed by atoms with Gasteiger partial charge in [-0.25, -0.2) is 4.98 Å². The molecule has 0 amide bonds. The molecule has 0 fully saturated rings. The Hall–Kier alpha value is -1.36. The Morgan fingerprint density at radius 2 is 2.21 bits per heavy atom. The van der Waals surface area contributed by atoms with Crippen LogP contribution in [0.2, 0.25) is 0 Å². The lowest BCUT2D eigenvalue weighted by Gasteiger charge is -2.17. The van der Waals surface area contributed by atoms with Crippen molar-refractivity contribution in [1.82, 2.24) is 9.97 Å². The van der Waals surface area contributed by atoms with Gasteiger partial charge >= 0.3 is 0 Å². The molecule has 78 valence electrons. The SMILES string of the molecule is CNc1nc(C)cc(N(C)CCO)n1. The zero-order valence-corrected chi connectivity index (χ0v) is 8.78. The van der Waals surface area contributed by atoms with E-state index >= 15 is 0 Å². The van der Waals surface area contributed by atoms with Gasteiger partial charge in [0.05, 0.1) is 6.61 Å². The number of hydrogen-bond donors (Lipinski definition) is 2. The van der Waals surface area contributed by atoms with E-state index < -0.39 is 0 Å². The fraction of sp³-hybridized carbons (Fsp3) is 0.556. The average molecular weight is 196 g/mol. The van der Waals surface area contributed by atoms with E-state index in [0.717, 1.165) is 11.5 Å². The van der Waals surface area contributed by atoms with Crippen LogP contribution in [-0.4, -0.2) is 42.3 Å². The summed E-state index contributed by atoms with van der Waals surface area (Å²) >= 11 is 0.